The summed E-state index contributed by atoms with van der Waals surface area (Å²) in [7, 11) is 0. The molecule has 11 heavy (non-hydrogen) atoms. The van der Waals surface area contributed by atoms with E-state index in [1.54, 1.807) is 13.0 Å². The maximum atomic E-state index is 8.84. The molecule has 0 atom stereocenters. The molecule has 0 aliphatic rings. The van der Waals surface area contributed by atoms with Crippen LogP contribution in [0.4, 0.5) is 0 Å². The van der Waals surface area contributed by atoms with Crippen molar-refractivity contribution in [1.82, 2.24) is 5.32 Å². The highest BCUT2D eigenvalue weighted by Crippen LogP contribution is 1.99. The number of nitrogens with one attached hydrogen (secondary N) is 1. The molecule has 0 aliphatic heterocycles. The van der Waals surface area contributed by atoms with Crippen molar-refractivity contribution in [3.05, 3.63) is 12.7 Å². The zero-order valence-electron chi connectivity index (χ0n) is 7.01. The van der Waals surface area contributed by atoms with Crippen LogP contribution in [0.1, 0.15) is 13.3 Å². The lowest BCUT2D eigenvalue weighted by atomic mass is 10.1. The molecule has 0 rings (SSSR count). The quantitative estimate of drug-likeness (QED) is 0.374. The van der Waals surface area contributed by atoms with Gasteiger partial charge in [-0.2, -0.15) is 0 Å². The second-order valence-corrected chi connectivity index (χ2v) is 2.88. The van der Waals surface area contributed by atoms with Crippen molar-refractivity contribution >= 4 is 0 Å². The first-order chi connectivity index (χ1) is 5.18. The Bertz CT molecular complexity index is 111. The van der Waals surface area contributed by atoms with E-state index in [9.17, 15) is 0 Å². The summed E-state index contributed by atoms with van der Waals surface area (Å²) in [4.78, 5) is 0. The summed E-state index contributed by atoms with van der Waals surface area (Å²) >= 11 is 0. The molecule has 0 amide bonds. The molecule has 0 bridgehead atoms. The summed E-state index contributed by atoms with van der Waals surface area (Å²) in [5.41, 5.74) is -0.553. The molecular formula is C8H17NO2. The van der Waals surface area contributed by atoms with Crippen molar-refractivity contribution < 1.29 is 10.2 Å². The largest absolute Gasteiger partial charge is 0.394 e. The number of rotatable bonds is 6. The molecule has 0 fully saturated rings. The average Bonchev–Trinajstić information content (AvgIpc) is 2.05. The van der Waals surface area contributed by atoms with Gasteiger partial charge in [0.2, 0.25) is 0 Å². The predicted octanol–water partition coefficient (Wildman–Crippen LogP) is -0.105. The molecule has 0 aliphatic carbocycles. The van der Waals surface area contributed by atoms with Gasteiger partial charge < -0.3 is 15.5 Å². The van der Waals surface area contributed by atoms with Gasteiger partial charge in [-0.1, -0.05) is 6.08 Å². The second kappa shape index (κ2) is 5.29. The summed E-state index contributed by atoms with van der Waals surface area (Å²) in [6, 6.07) is 0. The summed E-state index contributed by atoms with van der Waals surface area (Å²) < 4.78 is 0. The molecule has 0 unspecified atom stereocenters. The van der Waals surface area contributed by atoms with Gasteiger partial charge >= 0.3 is 0 Å². The zero-order valence-corrected chi connectivity index (χ0v) is 7.01. The van der Waals surface area contributed by atoms with Gasteiger partial charge in [0, 0.05) is 0 Å². The number of aliphatic hydroxyl groups excluding tert-OH is 2. The molecule has 0 saturated carbocycles. The summed E-state index contributed by atoms with van der Waals surface area (Å²) in [5.74, 6) is 0. The fraction of sp³-hybridized carbons (Fsp3) is 0.750. The Morgan fingerprint density at radius 2 is 2.00 bits per heavy atom. The molecule has 3 nitrogen and oxygen atoms in total. The van der Waals surface area contributed by atoms with Crippen LogP contribution in [-0.2, 0) is 0 Å². The predicted molar refractivity (Wildman–Crippen MR) is 45.4 cm³/mol. The molecule has 0 saturated heterocycles. The van der Waals surface area contributed by atoms with Crippen molar-refractivity contribution in [2.45, 2.75) is 18.9 Å². The first-order valence-electron chi connectivity index (χ1n) is 3.76. The van der Waals surface area contributed by atoms with Crippen LogP contribution in [0.5, 0.6) is 0 Å². The van der Waals surface area contributed by atoms with Crippen LogP contribution in [0.15, 0.2) is 12.7 Å². The van der Waals surface area contributed by atoms with Crippen molar-refractivity contribution in [2.24, 2.45) is 0 Å². The highest BCUT2D eigenvalue weighted by molar-refractivity contribution is 4.82. The van der Waals surface area contributed by atoms with Crippen LogP contribution in [0.3, 0.4) is 0 Å². The molecule has 0 aromatic heterocycles. The van der Waals surface area contributed by atoms with E-state index in [2.05, 4.69) is 11.9 Å². The van der Waals surface area contributed by atoms with E-state index in [4.69, 9.17) is 10.2 Å². The molecule has 0 radical (unpaired) electrons. The summed E-state index contributed by atoms with van der Waals surface area (Å²) in [6.45, 7) is 5.97. The third-order valence-corrected chi connectivity index (χ3v) is 1.60. The lowest BCUT2D eigenvalue weighted by molar-refractivity contribution is 0.105. The fourth-order valence-corrected chi connectivity index (χ4v) is 0.638. The van der Waals surface area contributed by atoms with Crippen LogP contribution in [-0.4, -0.2) is 35.5 Å². The summed E-state index contributed by atoms with van der Waals surface area (Å²) in [5, 5.41) is 20.7. The third-order valence-electron chi connectivity index (χ3n) is 1.60. The van der Waals surface area contributed by atoms with Crippen LogP contribution in [0.25, 0.3) is 0 Å². The fourth-order valence-electron chi connectivity index (χ4n) is 0.638. The molecular weight excluding hydrogens is 142 g/mol. The Hall–Kier alpha value is -0.380. The molecule has 0 aromatic rings. The van der Waals surface area contributed by atoms with Crippen molar-refractivity contribution in [1.29, 1.82) is 0 Å². The number of hydrogen-bond acceptors (Lipinski definition) is 3. The van der Waals surface area contributed by atoms with E-state index >= 15 is 0 Å². The highest BCUT2D eigenvalue weighted by atomic mass is 16.3. The van der Waals surface area contributed by atoms with E-state index in [-0.39, 0.29) is 13.2 Å². The minimum atomic E-state index is -0.553. The monoisotopic (exact) mass is 159 g/mol. The Balaban J connectivity index is 3.59. The van der Waals surface area contributed by atoms with Crippen LogP contribution < -0.4 is 5.32 Å². The average molecular weight is 159 g/mol. The molecule has 3 N–H and O–H groups in total. The maximum Gasteiger partial charge on any atom is 0.0633 e. The van der Waals surface area contributed by atoms with E-state index in [0.29, 0.717) is 0 Å². The minimum Gasteiger partial charge on any atom is -0.394 e. The van der Waals surface area contributed by atoms with Crippen LogP contribution >= 0.6 is 0 Å². The molecule has 0 heterocycles. The lowest BCUT2D eigenvalue weighted by Crippen LogP contribution is -2.49. The third kappa shape index (κ3) is 4.14. The molecule has 0 aromatic carbocycles. The van der Waals surface area contributed by atoms with Gasteiger partial charge in [0.1, 0.15) is 0 Å². The first kappa shape index (κ1) is 10.6. The minimum absolute atomic E-state index is 0.0549. The highest BCUT2D eigenvalue weighted by Gasteiger charge is 2.20. The van der Waals surface area contributed by atoms with Gasteiger partial charge in [0.15, 0.2) is 0 Å². The van der Waals surface area contributed by atoms with E-state index in [0.717, 1.165) is 13.0 Å². The maximum absolute atomic E-state index is 8.84. The normalized spacial score (nSPS) is 11.5. The van der Waals surface area contributed by atoms with Crippen LogP contribution in [0, 0.1) is 0 Å². The molecule has 0 spiro atoms. The van der Waals surface area contributed by atoms with E-state index in [1.165, 1.54) is 0 Å². The van der Waals surface area contributed by atoms with Gasteiger partial charge in [-0.05, 0) is 19.9 Å². The Morgan fingerprint density at radius 1 is 1.45 bits per heavy atom. The van der Waals surface area contributed by atoms with Gasteiger partial charge in [-0.15, -0.1) is 6.58 Å². The van der Waals surface area contributed by atoms with Crippen molar-refractivity contribution in [3.8, 4) is 0 Å². The number of aliphatic hydroxyl groups is 2. The van der Waals surface area contributed by atoms with Gasteiger partial charge in [-0.3, -0.25) is 0 Å². The standard InChI is InChI=1S/C8H17NO2/c1-3-4-5-9-8(2,6-10)7-11/h3,9-11H,1,4-7H2,2H3. The van der Waals surface area contributed by atoms with Crippen LogP contribution in [0.2, 0.25) is 0 Å². The Kier molecular flexibility index (Phi) is 5.11. The van der Waals surface area contributed by atoms with Gasteiger partial charge in [-0.25, -0.2) is 0 Å². The van der Waals surface area contributed by atoms with Crippen molar-refractivity contribution in [3.63, 3.8) is 0 Å². The molecule has 66 valence electrons. The number of hydrogen-bond donors (Lipinski definition) is 3. The Morgan fingerprint density at radius 3 is 2.36 bits per heavy atom. The van der Waals surface area contributed by atoms with E-state index in [1.807, 2.05) is 0 Å². The SMILES string of the molecule is C=CCCNC(C)(CO)CO. The second-order valence-electron chi connectivity index (χ2n) is 2.88. The zero-order chi connectivity index (χ0) is 8.74. The van der Waals surface area contributed by atoms with Gasteiger partial charge in [0.05, 0.1) is 18.8 Å². The lowest BCUT2D eigenvalue weighted by Gasteiger charge is -2.25. The van der Waals surface area contributed by atoms with E-state index < -0.39 is 5.54 Å². The molecule has 3 heteroatoms. The van der Waals surface area contributed by atoms with Gasteiger partial charge in [0.25, 0.3) is 0 Å². The first-order valence-corrected chi connectivity index (χ1v) is 3.76. The Labute approximate surface area is 67.7 Å². The summed E-state index contributed by atoms with van der Waals surface area (Å²) in [6.07, 6.45) is 2.64. The smallest absolute Gasteiger partial charge is 0.0633 e. The topological polar surface area (TPSA) is 52.5 Å². The van der Waals surface area contributed by atoms with Crippen molar-refractivity contribution in [2.75, 3.05) is 19.8 Å².